The average molecular weight is 398 g/mol. The van der Waals surface area contributed by atoms with E-state index in [9.17, 15) is 9.59 Å². The van der Waals surface area contributed by atoms with Crippen LogP contribution in [-0.4, -0.2) is 35.6 Å². The van der Waals surface area contributed by atoms with Crippen molar-refractivity contribution >= 4 is 24.3 Å². The molecule has 1 aromatic heterocycles. The van der Waals surface area contributed by atoms with Gasteiger partial charge in [0.15, 0.2) is 0 Å². The van der Waals surface area contributed by atoms with Gasteiger partial charge in [-0.15, -0.1) is 12.4 Å². The van der Waals surface area contributed by atoms with Crippen LogP contribution in [0.1, 0.15) is 67.2 Å². The van der Waals surface area contributed by atoms with Crippen molar-refractivity contribution in [2.24, 2.45) is 13.0 Å². The van der Waals surface area contributed by atoms with Gasteiger partial charge in [0.1, 0.15) is 11.7 Å². The van der Waals surface area contributed by atoms with E-state index in [-0.39, 0.29) is 24.3 Å². The number of nitrogens with one attached hydrogen (secondary N) is 2. The third-order valence-corrected chi connectivity index (χ3v) is 5.70. The quantitative estimate of drug-likeness (QED) is 0.724. The van der Waals surface area contributed by atoms with Crippen LogP contribution in [0.4, 0.5) is 0 Å². The van der Waals surface area contributed by atoms with Gasteiger partial charge in [0, 0.05) is 32.3 Å². The molecule has 7 heteroatoms. The van der Waals surface area contributed by atoms with E-state index in [1.165, 1.54) is 30.5 Å². The van der Waals surface area contributed by atoms with E-state index in [0.29, 0.717) is 24.6 Å². The Labute approximate surface area is 167 Å². The molecule has 0 bridgehead atoms. The van der Waals surface area contributed by atoms with Gasteiger partial charge in [-0.05, 0) is 30.9 Å². The standard InChI is InChI=1S/C20H31N3O3.ClH/c1-3-26-20(25)16(11-14-7-5-4-6-8-14)22-19(24)18-12-15-13-21-10-9-17(15)23(18)2;/h12,14,16,21H,3-11,13H2,1-2H3,(H,22,24);1H/t16-;/m0./s1. The highest BCUT2D eigenvalue weighted by molar-refractivity contribution is 5.96. The zero-order valence-corrected chi connectivity index (χ0v) is 17.2. The Morgan fingerprint density at radius 1 is 1.33 bits per heavy atom. The number of amides is 1. The van der Waals surface area contributed by atoms with Crippen LogP contribution in [-0.2, 0) is 29.5 Å². The van der Waals surface area contributed by atoms with Crippen molar-refractivity contribution in [1.82, 2.24) is 15.2 Å². The summed E-state index contributed by atoms with van der Waals surface area (Å²) in [6.45, 7) is 3.86. The molecule has 0 saturated heterocycles. The lowest BCUT2D eigenvalue weighted by Crippen LogP contribution is -2.43. The lowest BCUT2D eigenvalue weighted by molar-refractivity contribution is -0.146. The second-order valence-electron chi connectivity index (χ2n) is 7.51. The van der Waals surface area contributed by atoms with E-state index in [4.69, 9.17) is 4.74 Å². The summed E-state index contributed by atoms with van der Waals surface area (Å²) < 4.78 is 7.19. The molecule has 3 rings (SSSR count). The molecule has 1 aliphatic heterocycles. The summed E-state index contributed by atoms with van der Waals surface area (Å²) in [5.74, 6) is -0.00732. The van der Waals surface area contributed by atoms with Gasteiger partial charge in [-0.1, -0.05) is 32.1 Å². The summed E-state index contributed by atoms with van der Waals surface area (Å²) in [4.78, 5) is 25.3. The fraction of sp³-hybridized carbons (Fsp3) is 0.700. The Bertz CT molecular complexity index is 653. The number of nitrogens with zero attached hydrogens (tertiary/aromatic N) is 1. The van der Waals surface area contributed by atoms with E-state index in [1.807, 2.05) is 17.7 Å². The van der Waals surface area contributed by atoms with Crippen molar-refractivity contribution in [1.29, 1.82) is 0 Å². The molecular weight excluding hydrogens is 366 g/mol. The minimum absolute atomic E-state index is 0. The zero-order chi connectivity index (χ0) is 18.5. The number of carbonyl (C=O) groups is 2. The smallest absolute Gasteiger partial charge is 0.328 e. The van der Waals surface area contributed by atoms with Gasteiger partial charge in [-0.2, -0.15) is 0 Å². The van der Waals surface area contributed by atoms with Crippen LogP contribution in [0.5, 0.6) is 0 Å². The Kier molecular flexibility index (Phi) is 8.17. The molecule has 27 heavy (non-hydrogen) atoms. The lowest BCUT2D eigenvalue weighted by Gasteiger charge is -2.26. The Balaban J connectivity index is 0.00000261. The van der Waals surface area contributed by atoms with Gasteiger partial charge in [0.2, 0.25) is 0 Å². The molecule has 1 fully saturated rings. The van der Waals surface area contributed by atoms with E-state index in [0.717, 1.165) is 32.4 Å². The minimum Gasteiger partial charge on any atom is -0.464 e. The molecule has 0 unspecified atom stereocenters. The molecule has 0 spiro atoms. The monoisotopic (exact) mass is 397 g/mol. The van der Waals surface area contributed by atoms with Gasteiger partial charge < -0.3 is 19.9 Å². The predicted molar refractivity (Wildman–Crippen MR) is 107 cm³/mol. The molecule has 1 amide bonds. The van der Waals surface area contributed by atoms with Crippen LogP contribution >= 0.6 is 12.4 Å². The summed E-state index contributed by atoms with van der Waals surface area (Å²) >= 11 is 0. The first-order chi connectivity index (χ1) is 12.6. The molecule has 2 heterocycles. The maximum atomic E-state index is 12.9. The molecule has 0 radical (unpaired) electrons. The van der Waals surface area contributed by atoms with Crippen molar-refractivity contribution in [3.05, 3.63) is 23.0 Å². The summed E-state index contributed by atoms with van der Waals surface area (Å²) in [5, 5.41) is 6.29. The first-order valence-corrected chi connectivity index (χ1v) is 9.95. The first-order valence-electron chi connectivity index (χ1n) is 9.95. The van der Waals surface area contributed by atoms with Gasteiger partial charge in [-0.3, -0.25) is 4.79 Å². The Hall–Kier alpha value is -1.53. The van der Waals surface area contributed by atoms with Crippen molar-refractivity contribution in [2.45, 2.75) is 64.5 Å². The number of hydrogen-bond donors (Lipinski definition) is 2. The zero-order valence-electron chi connectivity index (χ0n) is 16.4. The maximum Gasteiger partial charge on any atom is 0.328 e. The number of carbonyl (C=O) groups excluding carboxylic acids is 2. The molecule has 152 valence electrons. The van der Waals surface area contributed by atoms with Crippen LogP contribution in [0.25, 0.3) is 0 Å². The van der Waals surface area contributed by atoms with Crippen molar-refractivity contribution in [3.63, 3.8) is 0 Å². The number of hydrogen-bond acceptors (Lipinski definition) is 4. The molecule has 1 aromatic rings. The molecule has 2 aliphatic rings. The first kappa shape index (κ1) is 21.8. The Morgan fingerprint density at radius 2 is 2.07 bits per heavy atom. The van der Waals surface area contributed by atoms with Crippen molar-refractivity contribution in [3.8, 4) is 0 Å². The topological polar surface area (TPSA) is 72.4 Å². The largest absolute Gasteiger partial charge is 0.464 e. The highest BCUT2D eigenvalue weighted by Crippen LogP contribution is 2.28. The van der Waals surface area contributed by atoms with Gasteiger partial charge in [0.05, 0.1) is 6.61 Å². The molecule has 0 aromatic carbocycles. The fourth-order valence-electron chi connectivity index (χ4n) is 4.28. The highest BCUT2D eigenvalue weighted by atomic mass is 35.5. The third kappa shape index (κ3) is 5.26. The van der Waals surface area contributed by atoms with Crippen LogP contribution < -0.4 is 10.6 Å². The molecule has 1 saturated carbocycles. The summed E-state index contributed by atoms with van der Waals surface area (Å²) in [5.41, 5.74) is 2.99. The molecule has 6 nitrogen and oxygen atoms in total. The molecule has 1 atom stereocenters. The number of halogens is 1. The summed E-state index contributed by atoms with van der Waals surface area (Å²) in [6.07, 6.45) is 7.57. The normalized spacial score (nSPS) is 18.1. The van der Waals surface area contributed by atoms with Crippen molar-refractivity contribution < 1.29 is 14.3 Å². The number of fused-ring (bicyclic) bond motifs is 1. The van der Waals surface area contributed by atoms with Gasteiger partial charge in [0.25, 0.3) is 5.91 Å². The number of ether oxygens (including phenoxy) is 1. The van der Waals surface area contributed by atoms with Crippen LogP contribution in [0.2, 0.25) is 0 Å². The number of esters is 1. The molecular formula is C20H32ClN3O3. The SMILES string of the molecule is CCOC(=O)[C@H](CC1CCCCC1)NC(=O)c1cc2c(n1C)CCNC2.Cl. The predicted octanol–water partition coefficient (Wildman–Crippen LogP) is 2.72. The average Bonchev–Trinajstić information content (AvgIpc) is 2.99. The van der Waals surface area contributed by atoms with Gasteiger partial charge >= 0.3 is 5.97 Å². The van der Waals surface area contributed by atoms with E-state index >= 15 is 0 Å². The lowest BCUT2D eigenvalue weighted by atomic mass is 9.85. The summed E-state index contributed by atoms with van der Waals surface area (Å²) in [7, 11) is 1.93. The number of rotatable bonds is 6. The molecule has 2 N–H and O–H groups in total. The second kappa shape index (κ2) is 10.1. The van der Waals surface area contributed by atoms with E-state index < -0.39 is 6.04 Å². The summed E-state index contributed by atoms with van der Waals surface area (Å²) in [6, 6.07) is 1.38. The Morgan fingerprint density at radius 3 is 2.74 bits per heavy atom. The highest BCUT2D eigenvalue weighted by Gasteiger charge is 2.29. The molecule has 1 aliphatic carbocycles. The third-order valence-electron chi connectivity index (χ3n) is 5.70. The van der Waals surface area contributed by atoms with E-state index in [1.54, 1.807) is 6.92 Å². The van der Waals surface area contributed by atoms with E-state index in [2.05, 4.69) is 10.6 Å². The van der Waals surface area contributed by atoms with Crippen LogP contribution in [0.15, 0.2) is 6.07 Å². The maximum absolute atomic E-state index is 12.9. The van der Waals surface area contributed by atoms with Crippen LogP contribution in [0, 0.1) is 5.92 Å². The van der Waals surface area contributed by atoms with Crippen molar-refractivity contribution in [2.75, 3.05) is 13.2 Å². The minimum atomic E-state index is -0.560. The number of aromatic nitrogens is 1. The second-order valence-corrected chi connectivity index (χ2v) is 7.51. The fourth-order valence-corrected chi connectivity index (χ4v) is 4.28. The van der Waals surface area contributed by atoms with Gasteiger partial charge in [-0.25, -0.2) is 4.79 Å². The van der Waals surface area contributed by atoms with Crippen LogP contribution in [0.3, 0.4) is 0 Å².